The molecule has 0 spiro atoms. The van der Waals surface area contributed by atoms with Crippen molar-refractivity contribution in [2.75, 3.05) is 0 Å². The molecule has 0 N–H and O–H groups in total. The number of aryl methyl sites for hydroxylation is 3. The summed E-state index contributed by atoms with van der Waals surface area (Å²) in [4.78, 5) is 0. The van der Waals surface area contributed by atoms with Crippen LogP contribution in [0.1, 0.15) is 16.8 Å². The van der Waals surface area contributed by atoms with E-state index in [9.17, 15) is 0 Å². The molecule has 1 aromatic carbocycles. The number of nitriles is 1. The van der Waals surface area contributed by atoms with Gasteiger partial charge >= 0.3 is 0 Å². The van der Waals surface area contributed by atoms with Crippen molar-refractivity contribution in [1.82, 2.24) is 9.78 Å². The third-order valence-corrected chi connectivity index (χ3v) is 2.52. The highest BCUT2D eigenvalue weighted by Gasteiger charge is 2.14. The Morgan fingerprint density at radius 1 is 1.24 bits per heavy atom. The molecule has 0 saturated carbocycles. The number of rotatable bonds is 2. The Bertz CT molecular complexity index is 576. The average Bonchev–Trinajstić information content (AvgIpc) is 2.57. The predicted molar refractivity (Wildman–Crippen MR) is 63.9 cm³/mol. The molecule has 0 amide bonds. The summed E-state index contributed by atoms with van der Waals surface area (Å²) < 4.78 is 7.26. The molecule has 0 aliphatic rings. The van der Waals surface area contributed by atoms with Crippen LogP contribution in [0.15, 0.2) is 24.3 Å². The molecule has 0 saturated heterocycles. The van der Waals surface area contributed by atoms with Gasteiger partial charge in [-0.15, -0.1) is 0 Å². The average molecular weight is 227 g/mol. The first-order chi connectivity index (χ1) is 8.11. The van der Waals surface area contributed by atoms with Crippen molar-refractivity contribution >= 4 is 0 Å². The maximum Gasteiger partial charge on any atom is 0.235 e. The summed E-state index contributed by atoms with van der Waals surface area (Å²) >= 11 is 0. The largest absolute Gasteiger partial charge is 0.438 e. The second kappa shape index (κ2) is 4.30. The van der Waals surface area contributed by atoms with Crippen molar-refractivity contribution in [2.45, 2.75) is 13.8 Å². The quantitative estimate of drug-likeness (QED) is 0.792. The number of ether oxygens (including phenoxy) is 1. The Hall–Kier alpha value is -2.28. The summed E-state index contributed by atoms with van der Waals surface area (Å²) in [6.07, 6.45) is 0. The highest BCUT2D eigenvalue weighted by molar-refractivity contribution is 5.44. The van der Waals surface area contributed by atoms with Crippen molar-refractivity contribution in [1.29, 1.82) is 5.26 Å². The van der Waals surface area contributed by atoms with Crippen LogP contribution in [0, 0.1) is 25.2 Å². The molecule has 86 valence electrons. The number of hydrogen-bond acceptors (Lipinski definition) is 3. The summed E-state index contributed by atoms with van der Waals surface area (Å²) in [5.41, 5.74) is 2.32. The Morgan fingerprint density at radius 3 is 2.47 bits per heavy atom. The third kappa shape index (κ3) is 2.13. The fourth-order valence-electron chi connectivity index (χ4n) is 1.60. The molecule has 0 aliphatic heterocycles. The van der Waals surface area contributed by atoms with Gasteiger partial charge in [0.1, 0.15) is 17.4 Å². The van der Waals surface area contributed by atoms with E-state index in [1.807, 2.05) is 31.2 Å². The van der Waals surface area contributed by atoms with Gasteiger partial charge in [-0.3, -0.25) is 0 Å². The van der Waals surface area contributed by atoms with Crippen molar-refractivity contribution in [3.63, 3.8) is 0 Å². The molecule has 0 aliphatic carbocycles. The lowest BCUT2D eigenvalue weighted by molar-refractivity contribution is 0.429. The Kier molecular flexibility index (Phi) is 2.84. The normalized spacial score (nSPS) is 10.0. The maximum atomic E-state index is 9.05. The van der Waals surface area contributed by atoms with Crippen LogP contribution in [0.2, 0.25) is 0 Å². The minimum Gasteiger partial charge on any atom is -0.438 e. The molecule has 4 nitrogen and oxygen atoms in total. The monoisotopic (exact) mass is 227 g/mol. The molecule has 2 aromatic rings. The molecule has 0 unspecified atom stereocenters. The Balaban J connectivity index is 2.36. The van der Waals surface area contributed by atoms with Gasteiger partial charge < -0.3 is 4.74 Å². The van der Waals surface area contributed by atoms with E-state index in [0.717, 1.165) is 0 Å². The number of aromatic nitrogens is 2. The van der Waals surface area contributed by atoms with Gasteiger partial charge in [0, 0.05) is 7.05 Å². The maximum absolute atomic E-state index is 9.05. The van der Waals surface area contributed by atoms with E-state index in [-0.39, 0.29) is 0 Å². The molecule has 0 fully saturated rings. The second-order valence-electron chi connectivity index (χ2n) is 3.92. The van der Waals surface area contributed by atoms with Crippen LogP contribution >= 0.6 is 0 Å². The lowest BCUT2D eigenvalue weighted by Gasteiger charge is -2.06. The summed E-state index contributed by atoms with van der Waals surface area (Å²) in [5.74, 6) is 1.18. The minimum atomic E-state index is 0.480. The number of hydrogen-bond donors (Lipinski definition) is 0. The Morgan fingerprint density at radius 2 is 1.88 bits per heavy atom. The van der Waals surface area contributed by atoms with Gasteiger partial charge in [0.2, 0.25) is 5.88 Å². The predicted octanol–water partition coefficient (Wildman–Crippen LogP) is 2.70. The molecule has 4 heteroatoms. The Labute approximate surface area is 100 Å². The van der Waals surface area contributed by atoms with Crippen LogP contribution in [0.5, 0.6) is 11.6 Å². The van der Waals surface area contributed by atoms with Gasteiger partial charge in [-0.1, -0.05) is 17.7 Å². The van der Waals surface area contributed by atoms with Crippen LogP contribution < -0.4 is 4.74 Å². The van der Waals surface area contributed by atoms with Gasteiger partial charge in [0.05, 0.1) is 5.69 Å². The lowest BCUT2D eigenvalue weighted by atomic mass is 10.2. The van der Waals surface area contributed by atoms with Crippen LogP contribution in [0.3, 0.4) is 0 Å². The highest BCUT2D eigenvalue weighted by atomic mass is 16.5. The van der Waals surface area contributed by atoms with E-state index >= 15 is 0 Å². The number of nitrogens with zero attached hydrogens (tertiary/aromatic N) is 3. The first-order valence-electron chi connectivity index (χ1n) is 5.30. The van der Waals surface area contributed by atoms with Gasteiger partial charge in [-0.25, -0.2) is 4.68 Å². The highest BCUT2D eigenvalue weighted by Crippen LogP contribution is 2.26. The van der Waals surface area contributed by atoms with Crippen molar-refractivity contribution in [3.05, 3.63) is 41.1 Å². The molecular weight excluding hydrogens is 214 g/mol. The third-order valence-electron chi connectivity index (χ3n) is 2.52. The van der Waals surface area contributed by atoms with E-state index in [1.165, 1.54) is 5.56 Å². The standard InChI is InChI=1S/C13H13N3O/c1-9-4-6-11(7-5-9)17-13-12(8-14)10(2)15-16(13)3/h4-7H,1-3H3. The zero-order chi connectivity index (χ0) is 12.4. The fraction of sp³-hybridized carbons (Fsp3) is 0.231. The van der Waals surface area contributed by atoms with Gasteiger partial charge in [0.25, 0.3) is 0 Å². The topological polar surface area (TPSA) is 50.8 Å². The fourth-order valence-corrected chi connectivity index (χ4v) is 1.60. The molecule has 0 atom stereocenters. The zero-order valence-electron chi connectivity index (χ0n) is 10.1. The molecule has 1 aromatic heterocycles. The van der Waals surface area contributed by atoms with Crippen LogP contribution in [0.4, 0.5) is 0 Å². The minimum absolute atomic E-state index is 0.480. The lowest BCUT2D eigenvalue weighted by Crippen LogP contribution is -1.96. The summed E-state index contributed by atoms with van der Waals surface area (Å²) in [5, 5.41) is 13.2. The van der Waals surface area contributed by atoms with E-state index in [4.69, 9.17) is 10.00 Å². The van der Waals surface area contributed by atoms with Crippen molar-refractivity contribution in [3.8, 4) is 17.7 Å². The summed E-state index contributed by atoms with van der Waals surface area (Å²) in [6, 6.07) is 9.78. The van der Waals surface area contributed by atoms with E-state index in [1.54, 1.807) is 18.7 Å². The van der Waals surface area contributed by atoms with Crippen LogP contribution in [-0.2, 0) is 7.05 Å². The molecular formula is C13H13N3O. The van der Waals surface area contributed by atoms with Crippen LogP contribution in [0.25, 0.3) is 0 Å². The van der Waals surface area contributed by atoms with E-state index < -0.39 is 0 Å². The summed E-state index contributed by atoms with van der Waals surface area (Å²) in [7, 11) is 1.76. The smallest absolute Gasteiger partial charge is 0.235 e. The molecule has 17 heavy (non-hydrogen) atoms. The summed E-state index contributed by atoms with van der Waals surface area (Å²) in [6.45, 7) is 3.80. The molecule has 2 rings (SSSR count). The van der Waals surface area contributed by atoms with Gasteiger partial charge in [0.15, 0.2) is 0 Å². The number of benzene rings is 1. The van der Waals surface area contributed by atoms with Crippen molar-refractivity contribution in [2.24, 2.45) is 7.05 Å². The van der Waals surface area contributed by atoms with Crippen molar-refractivity contribution < 1.29 is 4.74 Å². The molecule has 0 radical (unpaired) electrons. The SMILES string of the molecule is Cc1ccc(Oc2c(C#N)c(C)nn2C)cc1. The van der Waals surface area contributed by atoms with Gasteiger partial charge in [-0.05, 0) is 26.0 Å². The first kappa shape index (κ1) is 11.2. The molecule has 1 heterocycles. The van der Waals surface area contributed by atoms with E-state index in [2.05, 4.69) is 11.2 Å². The first-order valence-corrected chi connectivity index (χ1v) is 5.30. The van der Waals surface area contributed by atoms with Gasteiger partial charge in [-0.2, -0.15) is 10.4 Å². The second-order valence-corrected chi connectivity index (χ2v) is 3.92. The van der Waals surface area contributed by atoms with Crippen LogP contribution in [-0.4, -0.2) is 9.78 Å². The molecule has 0 bridgehead atoms. The van der Waals surface area contributed by atoms with E-state index in [0.29, 0.717) is 22.9 Å². The zero-order valence-corrected chi connectivity index (χ0v) is 10.1.